The van der Waals surface area contributed by atoms with Crippen LogP contribution in [-0.4, -0.2) is 24.4 Å². The van der Waals surface area contributed by atoms with Gasteiger partial charge in [0.2, 0.25) is 11.8 Å². The number of para-hydroxylation sites is 1. The molecule has 1 heterocycles. The van der Waals surface area contributed by atoms with E-state index in [2.05, 4.69) is 17.4 Å². The molecule has 2 aromatic carbocycles. The third kappa shape index (κ3) is 3.05. The Morgan fingerprint density at radius 1 is 1.08 bits per heavy atom. The summed E-state index contributed by atoms with van der Waals surface area (Å²) in [4.78, 5) is 26.4. The third-order valence-electron chi connectivity index (χ3n) is 5.44. The van der Waals surface area contributed by atoms with Gasteiger partial charge in [-0.15, -0.1) is 0 Å². The van der Waals surface area contributed by atoms with Gasteiger partial charge in [-0.3, -0.25) is 9.59 Å². The fourth-order valence-corrected chi connectivity index (χ4v) is 4.20. The van der Waals surface area contributed by atoms with E-state index in [0.29, 0.717) is 6.42 Å². The number of amides is 2. The Hall–Kier alpha value is -2.82. The first kappa shape index (κ1) is 16.6. The van der Waals surface area contributed by atoms with E-state index in [4.69, 9.17) is 5.73 Å². The summed E-state index contributed by atoms with van der Waals surface area (Å²) in [7, 11) is 0. The summed E-state index contributed by atoms with van der Waals surface area (Å²) >= 11 is 0. The zero-order valence-corrected chi connectivity index (χ0v) is 14.7. The van der Waals surface area contributed by atoms with Crippen molar-refractivity contribution >= 4 is 17.5 Å². The number of rotatable bonds is 4. The Kier molecular flexibility index (Phi) is 4.37. The minimum atomic E-state index is -0.461. The van der Waals surface area contributed by atoms with Crippen molar-refractivity contribution in [3.8, 4) is 0 Å². The molecule has 0 bridgehead atoms. The number of benzene rings is 2. The highest BCUT2D eigenvalue weighted by molar-refractivity contribution is 5.91. The minimum absolute atomic E-state index is 0.0392. The van der Waals surface area contributed by atoms with Crippen molar-refractivity contribution in [1.82, 2.24) is 5.32 Å². The molecule has 5 nitrogen and oxygen atoms in total. The van der Waals surface area contributed by atoms with Crippen molar-refractivity contribution in [3.63, 3.8) is 0 Å². The molecule has 1 aliphatic heterocycles. The summed E-state index contributed by atoms with van der Waals surface area (Å²) < 4.78 is 0. The largest absolute Gasteiger partial charge is 0.368 e. The SMILES string of the molecule is NC(=O)[C@@H]1Cc2ccccc2N1CC(=O)NC1CCCc2ccccc21. The van der Waals surface area contributed by atoms with Crippen LogP contribution in [0.15, 0.2) is 48.5 Å². The number of anilines is 1. The number of fused-ring (bicyclic) bond motifs is 2. The Bertz CT molecular complexity index is 849. The zero-order chi connectivity index (χ0) is 18.1. The van der Waals surface area contributed by atoms with E-state index in [0.717, 1.165) is 30.5 Å². The van der Waals surface area contributed by atoms with Gasteiger partial charge in [-0.1, -0.05) is 42.5 Å². The molecule has 0 saturated carbocycles. The summed E-state index contributed by atoms with van der Waals surface area (Å²) in [6, 6.07) is 15.7. The molecule has 0 spiro atoms. The van der Waals surface area contributed by atoms with Gasteiger partial charge in [-0.25, -0.2) is 0 Å². The van der Waals surface area contributed by atoms with Gasteiger partial charge < -0.3 is 16.0 Å². The van der Waals surface area contributed by atoms with Crippen LogP contribution in [0.1, 0.15) is 35.6 Å². The molecule has 4 rings (SSSR count). The summed E-state index contributed by atoms with van der Waals surface area (Å²) in [5.74, 6) is -0.466. The molecule has 26 heavy (non-hydrogen) atoms. The van der Waals surface area contributed by atoms with Crippen LogP contribution < -0.4 is 16.0 Å². The van der Waals surface area contributed by atoms with E-state index in [1.165, 1.54) is 11.1 Å². The molecule has 0 radical (unpaired) electrons. The van der Waals surface area contributed by atoms with Crippen molar-refractivity contribution in [2.75, 3.05) is 11.4 Å². The summed E-state index contributed by atoms with van der Waals surface area (Å²) in [5, 5.41) is 3.16. The van der Waals surface area contributed by atoms with E-state index in [-0.39, 0.29) is 18.5 Å². The van der Waals surface area contributed by atoms with Gasteiger partial charge in [0.1, 0.15) is 6.04 Å². The van der Waals surface area contributed by atoms with Crippen LogP contribution >= 0.6 is 0 Å². The molecule has 0 saturated heterocycles. The number of carbonyl (C=O) groups excluding carboxylic acids is 2. The fraction of sp³-hybridized carbons (Fsp3) is 0.333. The zero-order valence-electron chi connectivity index (χ0n) is 14.7. The lowest BCUT2D eigenvalue weighted by Gasteiger charge is -2.29. The molecule has 134 valence electrons. The second-order valence-corrected chi connectivity index (χ2v) is 7.09. The number of primary amides is 1. The van der Waals surface area contributed by atoms with Crippen LogP contribution in [0.3, 0.4) is 0 Å². The van der Waals surface area contributed by atoms with Crippen LogP contribution in [-0.2, 0) is 22.4 Å². The number of nitrogens with zero attached hydrogens (tertiary/aromatic N) is 1. The molecule has 0 fully saturated rings. The number of nitrogens with one attached hydrogen (secondary N) is 1. The number of hydrogen-bond donors (Lipinski definition) is 2. The fourth-order valence-electron chi connectivity index (χ4n) is 4.20. The number of carbonyl (C=O) groups is 2. The molecule has 5 heteroatoms. The Labute approximate surface area is 153 Å². The highest BCUT2D eigenvalue weighted by Gasteiger charge is 2.34. The first-order valence-electron chi connectivity index (χ1n) is 9.14. The van der Waals surface area contributed by atoms with Gasteiger partial charge in [0.15, 0.2) is 0 Å². The first-order chi connectivity index (χ1) is 12.6. The van der Waals surface area contributed by atoms with Crippen molar-refractivity contribution in [2.24, 2.45) is 5.73 Å². The van der Waals surface area contributed by atoms with E-state index in [1.807, 2.05) is 41.3 Å². The van der Waals surface area contributed by atoms with E-state index < -0.39 is 11.9 Å². The lowest BCUT2D eigenvalue weighted by molar-refractivity contribution is -0.121. The second-order valence-electron chi connectivity index (χ2n) is 7.09. The van der Waals surface area contributed by atoms with Crippen LogP contribution in [0.2, 0.25) is 0 Å². The average molecular weight is 349 g/mol. The van der Waals surface area contributed by atoms with Gasteiger partial charge >= 0.3 is 0 Å². The highest BCUT2D eigenvalue weighted by atomic mass is 16.2. The number of nitrogens with two attached hydrogens (primary N) is 1. The van der Waals surface area contributed by atoms with Gasteiger partial charge in [0.25, 0.3) is 0 Å². The van der Waals surface area contributed by atoms with Crippen molar-refractivity contribution < 1.29 is 9.59 Å². The Morgan fingerprint density at radius 2 is 1.81 bits per heavy atom. The number of hydrogen-bond acceptors (Lipinski definition) is 3. The van der Waals surface area contributed by atoms with E-state index in [9.17, 15) is 9.59 Å². The lowest BCUT2D eigenvalue weighted by atomic mass is 9.88. The van der Waals surface area contributed by atoms with Gasteiger partial charge in [-0.05, 0) is 42.0 Å². The number of aryl methyl sites for hydroxylation is 1. The monoisotopic (exact) mass is 349 g/mol. The smallest absolute Gasteiger partial charge is 0.240 e. The normalized spacial score (nSPS) is 21.0. The summed E-state index contributed by atoms with van der Waals surface area (Å²) in [6.07, 6.45) is 3.63. The second kappa shape index (κ2) is 6.83. The van der Waals surface area contributed by atoms with Gasteiger partial charge in [0, 0.05) is 12.1 Å². The maximum atomic E-state index is 12.8. The summed E-state index contributed by atoms with van der Waals surface area (Å²) in [6.45, 7) is 0.142. The predicted octanol–water partition coefficient (Wildman–Crippen LogP) is 2.10. The predicted molar refractivity (Wildman–Crippen MR) is 101 cm³/mol. The average Bonchev–Trinajstić information content (AvgIpc) is 3.01. The minimum Gasteiger partial charge on any atom is -0.368 e. The third-order valence-corrected chi connectivity index (χ3v) is 5.44. The molecule has 1 unspecified atom stereocenters. The van der Waals surface area contributed by atoms with Crippen LogP contribution in [0, 0.1) is 0 Å². The van der Waals surface area contributed by atoms with Crippen molar-refractivity contribution in [1.29, 1.82) is 0 Å². The van der Waals surface area contributed by atoms with Crippen LogP contribution in [0.4, 0.5) is 5.69 Å². The standard InChI is InChI=1S/C21H23N3O2/c22-21(26)19-12-15-7-2-4-11-18(15)24(19)13-20(25)23-17-10-5-8-14-6-1-3-9-16(14)17/h1-4,6-7,9,11,17,19H,5,8,10,12-13H2,(H2,22,26)(H,23,25)/t17?,19-/m0/s1. The molecule has 1 aliphatic carbocycles. The maximum absolute atomic E-state index is 12.8. The highest BCUT2D eigenvalue weighted by Crippen LogP contribution is 2.32. The summed E-state index contributed by atoms with van der Waals surface area (Å²) in [5.41, 5.74) is 10.1. The van der Waals surface area contributed by atoms with Crippen molar-refractivity contribution in [3.05, 3.63) is 65.2 Å². The maximum Gasteiger partial charge on any atom is 0.240 e. The molecular formula is C21H23N3O2. The molecule has 2 aliphatic rings. The lowest BCUT2D eigenvalue weighted by Crippen LogP contribution is -2.48. The molecule has 2 aromatic rings. The molecular weight excluding hydrogens is 326 g/mol. The topological polar surface area (TPSA) is 75.4 Å². The van der Waals surface area contributed by atoms with Gasteiger partial charge in [-0.2, -0.15) is 0 Å². The molecule has 0 aromatic heterocycles. The Morgan fingerprint density at radius 3 is 2.62 bits per heavy atom. The quantitative estimate of drug-likeness (QED) is 0.887. The molecule has 3 N–H and O–H groups in total. The van der Waals surface area contributed by atoms with Crippen molar-refractivity contribution in [2.45, 2.75) is 37.8 Å². The Balaban J connectivity index is 1.50. The molecule has 2 amide bonds. The molecule has 2 atom stereocenters. The van der Waals surface area contributed by atoms with E-state index in [1.54, 1.807) is 0 Å². The first-order valence-corrected chi connectivity index (χ1v) is 9.14. The van der Waals surface area contributed by atoms with Gasteiger partial charge in [0.05, 0.1) is 12.6 Å². The van der Waals surface area contributed by atoms with Crippen LogP contribution in [0.5, 0.6) is 0 Å². The van der Waals surface area contributed by atoms with Crippen LogP contribution in [0.25, 0.3) is 0 Å². The van der Waals surface area contributed by atoms with E-state index >= 15 is 0 Å².